The van der Waals surface area contributed by atoms with Crippen molar-refractivity contribution >= 4 is 17.0 Å². The van der Waals surface area contributed by atoms with E-state index in [2.05, 4.69) is 20.3 Å². The SMILES string of the molecule is Nc1ccc2[nH]c(C3CNCCO3)nc2n1. The number of hydrogen-bond donors (Lipinski definition) is 3. The highest BCUT2D eigenvalue weighted by atomic mass is 16.5. The number of imidazole rings is 1. The van der Waals surface area contributed by atoms with Gasteiger partial charge in [-0.2, -0.15) is 0 Å². The Labute approximate surface area is 92.2 Å². The van der Waals surface area contributed by atoms with E-state index in [-0.39, 0.29) is 6.10 Å². The van der Waals surface area contributed by atoms with E-state index in [0.29, 0.717) is 18.1 Å². The number of aromatic nitrogens is 3. The van der Waals surface area contributed by atoms with Crippen molar-refractivity contribution in [2.75, 3.05) is 25.4 Å². The molecule has 84 valence electrons. The van der Waals surface area contributed by atoms with Crippen LogP contribution in [0, 0.1) is 0 Å². The summed E-state index contributed by atoms with van der Waals surface area (Å²) in [6.07, 6.45) is -0.0239. The number of rotatable bonds is 1. The van der Waals surface area contributed by atoms with Crippen LogP contribution in [0.1, 0.15) is 11.9 Å². The molecule has 3 rings (SSSR count). The van der Waals surface area contributed by atoms with Crippen molar-refractivity contribution in [1.29, 1.82) is 0 Å². The summed E-state index contributed by atoms with van der Waals surface area (Å²) in [6, 6.07) is 3.63. The molecule has 16 heavy (non-hydrogen) atoms. The number of ether oxygens (including phenoxy) is 1. The fourth-order valence-corrected chi connectivity index (χ4v) is 1.82. The van der Waals surface area contributed by atoms with E-state index >= 15 is 0 Å². The Balaban J connectivity index is 1.97. The summed E-state index contributed by atoms with van der Waals surface area (Å²) in [5.74, 6) is 1.29. The van der Waals surface area contributed by atoms with Crippen LogP contribution in [0.2, 0.25) is 0 Å². The lowest BCUT2D eigenvalue weighted by Crippen LogP contribution is -2.33. The third kappa shape index (κ3) is 1.62. The molecular formula is C10H13N5O. The van der Waals surface area contributed by atoms with Crippen molar-refractivity contribution in [2.24, 2.45) is 0 Å². The van der Waals surface area contributed by atoms with Crippen LogP contribution in [0.25, 0.3) is 11.2 Å². The van der Waals surface area contributed by atoms with Gasteiger partial charge in [0, 0.05) is 13.1 Å². The first-order chi connectivity index (χ1) is 7.83. The minimum absolute atomic E-state index is 0.0239. The molecule has 6 heteroatoms. The van der Waals surface area contributed by atoms with Gasteiger partial charge in [0.15, 0.2) is 5.65 Å². The summed E-state index contributed by atoms with van der Waals surface area (Å²) < 4.78 is 5.61. The van der Waals surface area contributed by atoms with Crippen molar-refractivity contribution in [3.8, 4) is 0 Å². The summed E-state index contributed by atoms with van der Waals surface area (Å²) in [4.78, 5) is 11.7. The minimum atomic E-state index is -0.0239. The number of anilines is 1. The smallest absolute Gasteiger partial charge is 0.179 e. The highest BCUT2D eigenvalue weighted by Crippen LogP contribution is 2.19. The zero-order valence-electron chi connectivity index (χ0n) is 8.73. The molecule has 1 aliphatic rings. The van der Waals surface area contributed by atoms with Gasteiger partial charge in [-0.25, -0.2) is 9.97 Å². The largest absolute Gasteiger partial charge is 0.384 e. The van der Waals surface area contributed by atoms with E-state index in [4.69, 9.17) is 10.5 Å². The third-order valence-corrected chi connectivity index (χ3v) is 2.62. The van der Waals surface area contributed by atoms with Gasteiger partial charge in [0.2, 0.25) is 0 Å². The van der Waals surface area contributed by atoms with Gasteiger partial charge in [-0.3, -0.25) is 0 Å². The van der Waals surface area contributed by atoms with Crippen molar-refractivity contribution < 1.29 is 4.74 Å². The minimum Gasteiger partial charge on any atom is -0.384 e. The second kappa shape index (κ2) is 3.73. The molecule has 0 bridgehead atoms. The Hall–Kier alpha value is -1.66. The lowest BCUT2D eigenvalue weighted by Gasteiger charge is -2.21. The first kappa shape index (κ1) is 9.56. The first-order valence-electron chi connectivity index (χ1n) is 5.27. The molecule has 0 aromatic carbocycles. The molecule has 2 aromatic rings. The van der Waals surface area contributed by atoms with Crippen LogP contribution in [-0.2, 0) is 4.74 Å². The van der Waals surface area contributed by atoms with E-state index in [9.17, 15) is 0 Å². The van der Waals surface area contributed by atoms with E-state index in [1.165, 1.54) is 0 Å². The predicted octanol–water partition coefficient (Wildman–Crippen LogP) is 0.201. The maximum absolute atomic E-state index is 5.61. The highest BCUT2D eigenvalue weighted by molar-refractivity contribution is 5.72. The van der Waals surface area contributed by atoms with Gasteiger partial charge in [0.25, 0.3) is 0 Å². The zero-order valence-corrected chi connectivity index (χ0v) is 8.73. The number of H-pyrrole nitrogens is 1. The average molecular weight is 219 g/mol. The van der Waals surface area contributed by atoms with Crippen LogP contribution in [-0.4, -0.2) is 34.6 Å². The lowest BCUT2D eigenvalue weighted by atomic mass is 10.3. The van der Waals surface area contributed by atoms with Gasteiger partial charge >= 0.3 is 0 Å². The quantitative estimate of drug-likeness (QED) is 0.637. The second-order valence-corrected chi connectivity index (χ2v) is 3.79. The Kier molecular flexibility index (Phi) is 2.23. The number of nitrogens with zero attached hydrogens (tertiary/aromatic N) is 2. The molecule has 1 unspecified atom stereocenters. The molecule has 1 saturated heterocycles. The van der Waals surface area contributed by atoms with Gasteiger partial charge in [0.05, 0.1) is 12.1 Å². The normalized spacial score (nSPS) is 21.4. The number of morpholine rings is 1. The van der Waals surface area contributed by atoms with Crippen LogP contribution in [0.4, 0.5) is 5.82 Å². The van der Waals surface area contributed by atoms with Crippen LogP contribution in [0.3, 0.4) is 0 Å². The van der Waals surface area contributed by atoms with Crippen molar-refractivity contribution in [3.05, 3.63) is 18.0 Å². The summed E-state index contributed by atoms with van der Waals surface area (Å²) in [5, 5.41) is 3.26. The second-order valence-electron chi connectivity index (χ2n) is 3.79. The van der Waals surface area contributed by atoms with Gasteiger partial charge in [-0.1, -0.05) is 0 Å². The van der Waals surface area contributed by atoms with Crippen LogP contribution in [0.15, 0.2) is 12.1 Å². The van der Waals surface area contributed by atoms with Crippen molar-refractivity contribution in [2.45, 2.75) is 6.10 Å². The number of nitrogens with two attached hydrogens (primary N) is 1. The number of nitrogen functional groups attached to an aromatic ring is 1. The molecular weight excluding hydrogens is 206 g/mol. The maximum atomic E-state index is 5.61. The summed E-state index contributed by atoms with van der Waals surface area (Å²) in [6.45, 7) is 2.37. The fourth-order valence-electron chi connectivity index (χ4n) is 1.82. The highest BCUT2D eigenvalue weighted by Gasteiger charge is 2.19. The molecule has 0 radical (unpaired) electrons. The Morgan fingerprint density at radius 1 is 1.38 bits per heavy atom. The van der Waals surface area contributed by atoms with Gasteiger partial charge in [-0.15, -0.1) is 0 Å². The Morgan fingerprint density at radius 2 is 2.31 bits per heavy atom. The number of aromatic amines is 1. The van der Waals surface area contributed by atoms with Crippen LogP contribution >= 0.6 is 0 Å². The first-order valence-corrected chi connectivity index (χ1v) is 5.27. The maximum Gasteiger partial charge on any atom is 0.179 e. The number of nitrogens with one attached hydrogen (secondary N) is 2. The number of fused-ring (bicyclic) bond motifs is 1. The third-order valence-electron chi connectivity index (χ3n) is 2.62. The Bertz CT molecular complexity index is 503. The molecule has 2 aromatic heterocycles. The molecule has 1 atom stereocenters. The molecule has 3 heterocycles. The Morgan fingerprint density at radius 3 is 3.12 bits per heavy atom. The van der Waals surface area contributed by atoms with Gasteiger partial charge in [0.1, 0.15) is 17.7 Å². The molecule has 6 nitrogen and oxygen atoms in total. The van der Waals surface area contributed by atoms with Crippen molar-refractivity contribution in [1.82, 2.24) is 20.3 Å². The van der Waals surface area contributed by atoms with E-state index < -0.39 is 0 Å². The molecule has 0 spiro atoms. The fraction of sp³-hybridized carbons (Fsp3) is 0.400. The van der Waals surface area contributed by atoms with E-state index in [1.807, 2.05) is 6.07 Å². The molecule has 1 aliphatic heterocycles. The topological polar surface area (TPSA) is 88.9 Å². The monoisotopic (exact) mass is 219 g/mol. The molecule has 0 aliphatic carbocycles. The molecule has 4 N–H and O–H groups in total. The number of hydrogen-bond acceptors (Lipinski definition) is 5. The molecule has 1 fully saturated rings. The summed E-state index contributed by atoms with van der Waals surface area (Å²) in [5.41, 5.74) is 7.13. The van der Waals surface area contributed by atoms with Crippen molar-refractivity contribution in [3.63, 3.8) is 0 Å². The van der Waals surface area contributed by atoms with Gasteiger partial charge < -0.3 is 20.8 Å². The standard InChI is InChI=1S/C10H13N5O/c11-8-2-1-6-9(14-8)15-10(13-6)7-5-12-3-4-16-7/h1-2,7,12H,3-5H2,(H3,11,13,14,15). The number of pyridine rings is 1. The van der Waals surface area contributed by atoms with E-state index in [0.717, 1.165) is 24.4 Å². The van der Waals surface area contributed by atoms with Crippen LogP contribution < -0.4 is 11.1 Å². The lowest BCUT2D eigenvalue weighted by molar-refractivity contribution is 0.0228. The predicted molar refractivity (Wildman–Crippen MR) is 59.9 cm³/mol. The molecule has 0 saturated carbocycles. The van der Waals surface area contributed by atoms with Gasteiger partial charge in [-0.05, 0) is 12.1 Å². The molecule has 0 amide bonds. The summed E-state index contributed by atoms with van der Waals surface area (Å²) >= 11 is 0. The van der Waals surface area contributed by atoms with E-state index in [1.54, 1.807) is 6.07 Å². The summed E-state index contributed by atoms with van der Waals surface area (Å²) in [7, 11) is 0. The average Bonchev–Trinajstić information content (AvgIpc) is 2.73. The van der Waals surface area contributed by atoms with Crippen LogP contribution in [0.5, 0.6) is 0 Å². The zero-order chi connectivity index (χ0) is 11.0.